The highest BCUT2D eigenvalue weighted by Crippen LogP contribution is 2.15. The highest BCUT2D eigenvalue weighted by Gasteiger charge is 2.24. The molecule has 1 aromatic heterocycles. The molecule has 0 aromatic carbocycles. The van der Waals surface area contributed by atoms with E-state index in [-0.39, 0.29) is 11.6 Å². The molecule has 20 heavy (non-hydrogen) atoms. The van der Waals surface area contributed by atoms with Crippen LogP contribution < -0.4 is 15.8 Å². The Balaban J connectivity index is 2.14. The Morgan fingerprint density at radius 3 is 3.15 bits per heavy atom. The number of H-pyrrole nitrogens is 1. The van der Waals surface area contributed by atoms with Gasteiger partial charge in [-0.25, -0.2) is 4.98 Å². The fraction of sp³-hybridized carbons (Fsp3) is 0.714. The lowest BCUT2D eigenvalue weighted by atomic mass is 10.2. The van der Waals surface area contributed by atoms with Gasteiger partial charge in [0.05, 0.1) is 19.3 Å². The maximum absolute atomic E-state index is 11.7. The Hall–Kier alpha value is -1.40. The first kappa shape index (κ1) is 15.0. The zero-order valence-electron chi connectivity index (χ0n) is 12.3. The molecule has 0 radical (unpaired) electrons. The van der Waals surface area contributed by atoms with Gasteiger partial charge in [-0.3, -0.25) is 4.79 Å². The lowest BCUT2D eigenvalue weighted by Crippen LogP contribution is -2.51. The molecular weight excluding hydrogens is 256 g/mol. The van der Waals surface area contributed by atoms with Crippen LogP contribution >= 0.6 is 0 Å². The fourth-order valence-electron chi connectivity index (χ4n) is 2.38. The predicted octanol–water partition coefficient (Wildman–Crippen LogP) is 0.537. The van der Waals surface area contributed by atoms with Crippen LogP contribution in [0.5, 0.6) is 0 Å². The molecule has 1 aliphatic heterocycles. The van der Waals surface area contributed by atoms with Crippen LogP contribution in [0.2, 0.25) is 0 Å². The molecule has 0 spiro atoms. The van der Waals surface area contributed by atoms with E-state index in [1.54, 1.807) is 6.07 Å². The molecule has 0 saturated carbocycles. The quantitative estimate of drug-likeness (QED) is 0.744. The average molecular weight is 280 g/mol. The van der Waals surface area contributed by atoms with Gasteiger partial charge in [-0.05, 0) is 13.0 Å². The van der Waals surface area contributed by atoms with Crippen LogP contribution in [-0.2, 0) is 11.2 Å². The Kier molecular flexibility index (Phi) is 5.55. The number of hydrogen-bond acceptors (Lipinski definition) is 5. The summed E-state index contributed by atoms with van der Waals surface area (Å²) < 4.78 is 5.56. The summed E-state index contributed by atoms with van der Waals surface area (Å²) in [6.07, 6.45) is 1.84. The van der Waals surface area contributed by atoms with E-state index >= 15 is 0 Å². The number of nitrogens with zero attached hydrogens (tertiary/aromatic N) is 2. The molecule has 0 amide bonds. The summed E-state index contributed by atoms with van der Waals surface area (Å²) in [5.41, 5.74) is -0.0846. The Morgan fingerprint density at radius 1 is 1.55 bits per heavy atom. The van der Waals surface area contributed by atoms with Crippen LogP contribution in [0.1, 0.15) is 26.1 Å². The van der Waals surface area contributed by atoms with E-state index in [1.807, 2.05) is 6.92 Å². The number of aromatic nitrogens is 2. The maximum Gasteiger partial charge on any atom is 0.252 e. The van der Waals surface area contributed by atoms with Gasteiger partial charge in [-0.15, -0.1) is 0 Å². The standard InChI is InChI=1S/C14H24N4O2/c1-3-5-15-9-11-10-20-7-6-18(11)13-8-14(19)17-12(4-2)16-13/h8,11,15H,3-7,9-10H2,1-2H3,(H,16,17,19). The summed E-state index contributed by atoms with van der Waals surface area (Å²) in [5, 5.41) is 3.41. The molecule has 1 aromatic rings. The van der Waals surface area contributed by atoms with E-state index in [0.717, 1.165) is 44.1 Å². The van der Waals surface area contributed by atoms with Crippen molar-refractivity contribution in [3.8, 4) is 0 Å². The Morgan fingerprint density at radius 2 is 2.40 bits per heavy atom. The van der Waals surface area contributed by atoms with Crippen LogP contribution in [0.3, 0.4) is 0 Å². The molecule has 112 valence electrons. The number of aromatic amines is 1. The van der Waals surface area contributed by atoms with Gasteiger partial charge in [0.1, 0.15) is 11.6 Å². The number of morpholine rings is 1. The van der Waals surface area contributed by atoms with Gasteiger partial charge in [0.2, 0.25) is 0 Å². The summed E-state index contributed by atoms with van der Waals surface area (Å²) in [6, 6.07) is 1.81. The summed E-state index contributed by atoms with van der Waals surface area (Å²) in [4.78, 5) is 21.2. The summed E-state index contributed by atoms with van der Waals surface area (Å²) in [5.74, 6) is 1.50. The normalized spacial score (nSPS) is 19.3. The SMILES string of the molecule is CCCNCC1COCCN1c1cc(=O)[nH]c(CC)n1. The van der Waals surface area contributed by atoms with Gasteiger partial charge in [-0.1, -0.05) is 13.8 Å². The number of hydrogen-bond donors (Lipinski definition) is 2. The van der Waals surface area contributed by atoms with Crippen molar-refractivity contribution >= 4 is 5.82 Å². The molecule has 2 N–H and O–H groups in total. The van der Waals surface area contributed by atoms with Gasteiger partial charge in [0, 0.05) is 25.6 Å². The van der Waals surface area contributed by atoms with Crippen molar-refractivity contribution in [1.82, 2.24) is 15.3 Å². The molecule has 6 heteroatoms. The number of ether oxygens (including phenoxy) is 1. The number of aryl methyl sites for hydroxylation is 1. The molecule has 0 aliphatic carbocycles. The monoisotopic (exact) mass is 280 g/mol. The third-order valence-corrected chi connectivity index (χ3v) is 3.44. The second kappa shape index (κ2) is 7.40. The summed E-state index contributed by atoms with van der Waals surface area (Å²) in [7, 11) is 0. The van der Waals surface area contributed by atoms with Crippen molar-refractivity contribution in [2.45, 2.75) is 32.7 Å². The van der Waals surface area contributed by atoms with Gasteiger partial charge >= 0.3 is 0 Å². The molecular formula is C14H24N4O2. The van der Waals surface area contributed by atoms with Gasteiger partial charge in [0.25, 0.3) is 5.56 Å². The van der Waals surface area contributed by atoms with Crippen molar-refractivity contribution in [3.63, 3.8) is 0 Å². The minimum absolute atomic E-state index is 0.0846. The zero-order chi connectivity index (χ0) is 14.4. The number of anilines is 1. The topological polar surface area (TPSA) is 70.2 Å². The van der Waals surface area contributed by atoms with Crippen LogP contribution in [0, 0.1) is 0 Å². The second-order valence-corrected chi connectivity index (χ2v) is 5.03. The van der Waals surface area contributed by atoms with Crippen LogP contribution in [-0.4, -0.2) is 48.9 Å². The summed E-state index contributed by atoms with van der Waals surface area (Å²) >= 11 is 0. The molecule has 2 heterocycles. The van der Waals surface area contributed by atoms with Gasteiger partial charge in [-0.2, -0.15) is 0 Å². The second-order valence-electron chi connectivity index (χ2n) is 5.03. The minimum atomic E-state index is -0.0846. The van der Waals surface area contributed by atoms with Crippen LogP contribution in [0.15, 0.2) is 10.9 Å². The highest BCUT2D eigenvalue weighted by atomic mass is 16.5. The highest BCUT2D eigenvalue weighted by molar-refractivity contribution is 5.39. The van der Waals surface area contributed by atoms with Crippen LogP contribution in [0.25, 0.3) is 0 Å². The first-order valence-corrected chi connectivity index (χ1v) is 7.40. The molecule has 1 fully saturated rings. The predicted molar refractivity (Wildman–Crippen MR) is 79.3 cm³/mol. The fourth-order valence-corrected chi connectivity index (χ4v) is 2.38. The smallest absolute Gasteiger partial charge is 0.252 e. The van der Waals surface area contributed by atoms with Crippen molar-refractivity contribution in [2.24, 2.45) is 0 Å². The maximum atomic E-state index is 11.7. The molecule has 6 nitrogen and oxygen atoms in total. The number of nitrogens with one attached hydrogen (secondary N) is 2. The average Bonchev–Trinajstić information content (AvgIpc) is 2.47. The lowest BCUT2D eigenvalue weighted by molar-refractivity contribution is 0.0933. The Bertz CT molecular complexity index is 474. The van der Waals surface area contributed by atoms with Crippen molar-refractivity contribution in [1.29, 1.82) is 0 Å². The lowest BCUT2D eigenvalue weighted by Gasteiger charge is -2.36. The van der Waals surface area contributed by atoms with Crippen molar-refractivity contribution < 1.29 is 4.74 Å². The first-order chi connectivity index (χ1) is 9.74. The van der Waals surface area contributed by atoms with Crippen molar-refractivity contribution in [3.05, 3.63) is 22.2 Å². The van der Waals surface area contributed by atoms with E-state index in [1.165, 1.54) is 0 Å². The molecule has 1 aliphatic rings. The largest absolute Gasteiger partial charge is 0.377 e. The van der Waals surface area contributed by atoms with E-state index < -0.39 is 0 Å². The van der Waals surface area contributed by atoms with E-state index in [2.05, 4.69) is 27.1 Å². The van der Waals surface area contributed by atoms with E-state index in [9.17, 15) is 4.79 Å². The third-order valence-electron chi connectivity index (χ3n) is 3.44. The van der Waals surface area contributed by atoms with E-state index in [0.29, 0.717) is 13.2 Å². The summed E-state index contributed by atoms with van der Waals surface area (Å²) in [6.45, 7) is 8.11. The zero-order valence-corrected chi connectivity index (χ0v) is 12.3. The molecule has 1 saturated heterocycles. The number of rotatable bonds is 6. The molecule has 2 rings (SSSR count). The van der Waals surface area contributed by atoms with Gasteiger partial charge < -0.3 is 19.9 Å². The van der Waals surface area contributed by atoms with Crippen molar-refractivity contribution in [2.75, 3.05) is 37.7 Å². The van der Waals surface area contributed by atoms with E-state index in [4.69, 9.17) is 4.74 Å². The molecule has 0 bridgehead atoms. The Labute approximate surface area is 119 Å². The minimum Gasteiger partial charge on any atom is -0.377 e. The van der Waals surface area contributed by atoms with Crippen LogP contribution in [0.4, 0.5) is 5.82 Å². The molecule has 1 atom stereocenters. The first-order valence-electron chi connectivity index (χ1n) is 7.40. The van der Waals surface area contributed by atoms with Gasteiger partial charge in [0.15, 0.2) is 0 Å². The third kappa shape index (κ3) is 3.80. The molecule has 1 unspecified atom stereocenters.